The molecule has 1 aromatic heterocycles. The molecule has 1 saturated heterocycles. The monoisotopic (exact) mass is 437 g/mol. The number of fused-ring (bicyclic) bond motifs is 1. The number of aromatic nitrogens is 1. The standard InChI is InChI=1S/C24H27N3O3S/c1-25-31(29,30)22-11-8-18(9-12-22)10-13-24(28)27-14-4-7-21(17-27)23-15-19-5-2-3-6-20(19)16-26-23/h2-3,5-6,8-9,11-12,15-16,21,25H,4,7,10,13-14,17H2,1H3. The van der Waals surface area contributed by atoms with Crippen LogP contribution in [0.2, 0.25) is 0 Å². The Hall–Kier alpha value is -2.77. The highest BCUT2D eigenvalue weighted by atomic mass is 32.2. The topological polar surface area (TPSA) is 79.4 Å². The molecule has 1 aliphatic heterocycles. The lowest BCUT2D eigenvalue weighted by molar-refractivity contribution is -0.132. The molecule has 0 bridgehead atoms. The van der Waals surface area contributed by atoms with E-state index in [2.05, 4.69) is 27.9 Å². The number of carbonyl (C=O) groups is 1. The Labute approximate surface area is 183 Å². The van der Waals surface area contributed by atoms with E-state index < -0.39 is 10.0 Å². The maximum absolute atomic E-state index is 12.8. The smallest absolute Gasteiger partial charge is 0.240 e. The highest BCUT2D eigenvalue weighted by Crippen LogP contribution is 2.28. The van der Waals surface area contributed by atoms with Crippen LogP contribution in [0.3, 0.4) is 0 Å². The predicted molar refractivity (Wildman–Crippen MR) is 121 cm³/mol. The predicted octanol–water partition coefficient (Wildman–Crippen LogP) is 3.48. The summed E-state index contributed by atoms with van der Waals surface area (Å²) >= 11 is 0. The number of carbonyl (C=O) groups excluding carboxylic acids is 1. The molecule has 0 radical (unpaired) electrons. The minimum absolute atomic E-state index is 0.136. The number of sulfonamides is 1. The van der Waals surface area contributed by atoms with E-state index in [1.807, 2.05) is 23.2 Å². The second-order valence-corrected chi connectivity index (χ2v) is 9.87. The molecule has 162 valence electrons. The SMILES string of the molecule is CNS(=O)(=O)c1ccc(CCC(=O)N2CCCC(c3cc4ccccc4cn3)C2)cc1. The first-order valence-electron chi connectivity index (χ1n) is 10.6. The summed E-state index contributed by atoms with van der Waals surface area (Å²) in [5, 5.41) is 2.31. The third kappa shape index (κ3) is 4.94. The first-order chi connectivity index (χ1) is 15.0. The average molecular weight is 438 g/mol. The van der Waals surface area contributed by atoms with E-state index in [1.54, 1.807) is 24.3 Å². The van der Waals surface area contributed by atoms with Crippen molar-refractivity contribution in [3.63, 3.8) is 0 Å². The minimum atomic E-state index is -3.44. The van der Waals surface area contributed by atoms with E-state index in [1.165, 1.54) is 12.4 Å². The van der Waals surface area contributed by atoms with Gasteiger partial charge in [0.1, 0.15) is 0 Å². The van der Waals surface area contributed by atoms with Crippen LogP contribution in [0.1, 0.15) is 36.4 Å². The Balaban J connectivity index is 1.37. The number of aryl methyl sites for hydroxylation is 1. The van der Waals surface area contributed by atoms with E-state index in [0.29, 0.717) is 19.4 Å². The minimum Gasteiger partial charge on any atom is -0.342 e. The van der Waals surface area contributed by atoms with Gasteiger partial charge in [-0.3, -0.25) is 9.78 Å². The van der Waals surface area contributed by atoms with Crippen molar-refractivity contribution < 1.29 is 13.2 Å². The molecule has 1 fully saturated rings. The Kier molecular flexibility index (Phi) is 6.34. The lowest BCUT2D eigenvalue weighted by atomic mass is 9.93. The van der Waals surface area contributed by atoms with Crippen LogP contribution in [0.5, 0.6) is 0 Å². The molecular formula is C24H27N3O3S. The fraction of sp³-hybridized carbons (Fsp3) is 0.333. The van der Waals surface area contributed by atoms with E-state index in [0.717, 1.165) is 36.0 Å². The largest absolute Gasteiger partial charge is 0.342 e. The zero-order valence-electron chi connectivity index (χ0n) is 17.6. The Morgan fingerprint density at radius 1 is 1.13 bits per heavy atom. The van der Waals surface area contributed by atoms with Crippen LogP contribution in [-0.2, 0) is 21.2 Å². The van der Waals surface area contributed by atoms with Gasteiger partial charge in [0.15, 0.2) is 0 Å². The maximum Gasteiger partial charge on any atom is 0.240 e. The van der Waals surface area contributed by atoms with Crippen molar-refractivity contribution in [2.75, 3.05) is 20.1 Å². The number of hydrogen-bond donors (Lipinski definition) is 1. The molecule has 1 aliphatic rings. The van der Waals surface area contributed by atoms with Gasteiger partial charge < -0.3 is 4.90 Å². The van der Waals surface area contributed by atoms with E-state index >= 15 is 0 Å². The summed E-state index contributed by atoms with van der Waals surface area (Å²) in [5.74, 6) is 0.394. The Morgan fingerprint density at radius 3 is 2.61 bits per heavy atom. The van der Waals surface area contributed by atoms with Gasteiger partial charge in [0.25, 0.3) is 0 Å². The van der Waals surface area contributed by atoms with Gasteiger partial charge in [-0.2, -0.15) is 0 Å². The summed E-state index contributed by atoms with van der Waals surface area (Å²) in [6.45, 7) is 1.48. The first-order valence-corrected chi connectivity index (χ1v) is 12.1. The van der Waals surface area contributed by atoms with Gasteiger partial charge in [0.05, 0.1) is 4.90 Å². The van der Waals surface area contributed by atoms with Crippen molar-refractivity contribution in [2.24, 2.45) is 0 Å². The number of piperidine rings is 1. The molecule has 1 atom stereocenters. The highest BCUT2D eigenvalue weighted by Gasteiger charge is 2.25. The first kappa shape index (κ1) is 21.5. The molecule has 3 aromatic rings. The van der Waals surface area contributed by atoms with Crippen LogP contribution in [0, 0.1) is 0 Å². The van der Waals surface area contributed by atoms with Gasteiger partial charge in [0, 0.05) is 42.7 Å². The molecular weight excluding hydrogens is 410 g/mol. The fourth-order valence-electron chi connectivity index (χ4n) is 4.13. The number of nitrogens with one attached hydrogen (secondary N) is 1. The van der Waals surface area contributed by atoms with Crippen LogP contribution in [0.25, 0.3) is 10.8 Å². The molecule has 7 heteroatoms. The number of rotatable bonds is 6. The normalized spacial score (nSPS) is 17.1. The Morgan fingerprint density at radius 2 is 1.87 bits per heavy atom. The third-order valence-corrected chi connectivity index (χ3v) is 7.40. The summed E-state index contributed by atoms with van der Waals surface area (Å²) in [5.41, 5.74) is 2.01. The van der Waals surface area contributed by atoms with E-state index in [9.17, 15) is 13.2 Å². The van der Waals surface area contributed by atoms with Crippen LogP contribution < -0.4 is 4.72 Å². The van der Waals surface area contributed by atoms with Crippen molar-refractivity contribution >= 4 is 26.7 Å². The maximum atomic E-state index is 12.8. The summed E-state index contributed by atoms with van der Waals surface area (Å²) in [7, 11) is -2.05. The van der Waals surface area contributed by atoms with Gasteiger partial charge in [-0.15, -0.1) is 0 Å². The van der Waals surface area contributed by atoms with Crippen LogP contribution >= 0.6 is 0 Å². The number of pyridine rings is 1. The van der Waals surface area contributed by atoms with Gasteiger partial charge in [-0.1, -0.05) is 36.4 Å². The number of hydrogen-bond acceptors (Lipinski definition) is 4. The average Bonchev–Trinajstić information content (AvgIpc) is 2.82. The molecule has 1 amide bonds. The van der Waals surface area contributed by atoms with Crippen molar-refractivity contribution in [1.29, 1.82) is 0 Å². The summed E-state index contributed by atoms with van der Waals surface area (Å²) in [6.07, 6.45) is 4.94. The molecule has 0 spiro atoms. The van der Waals surface area contributed by atoms with Crippen LogP contribution in [-0.4, -0.2) is 44.3 Å². The fourth-order valence-corrected chi connectivity index (χ4v) is 4.86. The second-order valence-electron chi connectivity index (χ2n) is 7.99. The summed E-state index contributed by atoms with van der Waals surface area (Å²) in [6, 6.07) is 17.0. The molecule has 2 aromatic carbocycles. The number of likely N-dealkylation sites (tertiary alicyclic amines) is 1. The molecule has 0 aliphatic carbocycles. The summed E-state index contributed by atoms with van der Waals surface area (Å²) < 4.78 is 26.0. The molecule has 6 nitrogen and oxygen atoms in total. The van der Waals surface area contributed by atoms with Crippen LogP contribution in [0.4, 0.5) is 0 Å². The zero-order valence-corrected chi connectivity index (χ0v) is 18.4. The third-order valence-electron chi connectivity index (χ3n) is 5.97. The molecule has 31 heavy (non-hydrogen) atoms. The van der Waals surface area contributed by atoms with Crippen molar-refractivity contribution in [3.05, 3.63) is 72.1 Å². The molecule has 2 heterocycles. The van der Waals surface area contributed by atoms with Crippen molar-refractivity contribution in [1.82, 2.24) is 14.6 Å². The molecule has 1 N–H and O–H groups in total. The lowest BCUT2D eigenvalue weighted by Crippen LogP contribution is -2.39. The van der Waals surface area contributed by atoms with E-state index in [-0.39, 0.29) is 16.7 Å². The van der Waals surface area contributed by atoms with Gasteiger partial charge in [-0.25, -0.2) is 13.1 Å². The van der Waals surface area contributed by atoms with Crippen molar-refractivity contribution in [2.45, 2.75) is 36.5 Å². The van der Waals surface area contributed by atoms with Gasteiger partial charge in [-0.05, 0) is 55.5 Å². The zero-order chi connectivity index (χ0) is 21.8. The van der Waals surface area contributed by atoms with Crippen LogP contribution in [0.15, 0.2) is 65.7 Å². The van der Waals surface area contributed by atoms with Gasteiger partial charge >= 0.3 is 0 Å². The Bertz CT molecular complexity index is 1180. The van der Waals surface area contributed by atoms with Crippen molar-refractivity contribution in [3.8, 4) is 0 Å². The molecule has 0 saturated carbocycles. The number of benzene rings is 2. The number of nitrogens with zero attached hydrogens (tertiary/aromatic N) is 2. The molecule has 1 unspecified atom stereocenters. The highest BCUT2D eigenvalue weighted by molar-refractivity contribution is 7.89. The second kappa shape index (κ2) is 9.16. The number of amides is 1. The quantitative estimate of drug-likeness (QED) is 0.640. The lowest BCUT2D eigenvalue weighted by Gasteiger charge is -2.32. The van der Waals surface area contributed by atoms with Gasteiger partial charge in [0.2, 0.25) is 15.9 Å². The summed E-state index contributed by atoms with van der Waals surface area (Å²) in [4.78, 5) is 19.7. The van der Waals surface area contributed by atoms with E-state index in [4.69, 9.17) is 0 Å². The molecule has 4 rings (SSSR count).